The summed E-state index contributed by atoms with van der Waals surface area (Å²) in [6.45, 7) is 5.75. The molecule has 0 aliphatic rings. The molecular formula is C12H25N3O2S. The molecule has 0 bridgehead atoms. The van der Waals surface area contributed by atoms with Crippen LogP contribution < -0.4 is 16.4 Å². The number of amides is 2. The molecule has 0 aromatic carbocycles. The van der Waals surface area contributed by atoms with Crippen molar-refractivity contribution in [2.24, 2.45) is 11.7 Å². The Labute approximate surface area is 114 Å². The van der Waals surface area contributed by atoms with Crippen LogP contribution in [0, 0.1) is 5.92 Å². The number of nitrogens with one attached hydrogen (secondary N) is 2. The maximum Gasteiger partial charge on any atom is 0.239 e. The fraction of sp³-hybridized carbons (Fsp3) is 0.833. The van der Waals surface area contributed by atoms with Gasteiger partial charge in [-0.15, -0.1) is 0 Å². The molecule has 0 heterocycles. The van der Waals surface area contributed by atoms with Crippen molar-refractivity contribution in [3.05, 3.63) is 0 Å². The van der Waals surface area contributed by atoms with Crippen LogP contribution in [0.1, 0.15) is 27.2 Å². The van der Waals surface area contributed by atoms with Crippen molar-refractivity contribution < 1.29 is 9.59 Å². The zero-order valence-electron chi connectivity index (χ0n) is 11.7. The van der Waals surface area contributed by atoms with Gasteiger partial charge in [0.25, 0.3) is 0 Å². The summed E-state index contributed by atoms with van der Waals surface area (Å²) in [5, 5.41) is 5.43. The number of rotatable bonds is 8. The Kier molecular flexibility index (Phi) is 8.83. The van der Waals surface area contributed by atoms with Gasteiger partial charge in [-0.2, -0.15) is 11.8 Å². The van der Waals surface area contributed by atoms with Crippen LogP contribution >= 0.6 is 11.8 Å². The van der Waals surface area contributed by atoms with Gasteiger partial charge in [-0.05, 0) is 18.6 Å². The Bertz CT molecular complexity index is 272. The second-order valence-corrected chi connectivity index (χ2v) is 5.53. The highest BCUT2D eigenvalue weighted by Gasteiger charge is 2.18. The normalized spacial score (nSPS) is 14.1. The van der Waals surface area contributed by atoms with E-state index in [-0.39, 0.29) is 30.3 Å². The van der Waals surface area contributed by atoms with Crippen LogP contribution in [0.15, 0.2) is 0 Å². The summed E-state index contributed by atoms with van der Waals surface area (Å²) in [6.07, 6.45) is 2.88. The van der Waals surface area contributed by atoms with Crippen LogP contribution in [-0.2, 0) is 9.59 Å². The molecule has 0 radical (unpaired) electrons. The lowest BCUT2D eigenvalue weighted by molar-refractivity contribution is -0.127. The summed E-state index contributed by atoms with van der Waals surface area (Å²) in [5.74, 6) is 0.494. The number of nitrogens with two attached hydrogens (primary N) is 1. The molecule has 0 aliphatic carbocycles. The van der Waals surface area contributed by atoms with Gasteiger partial charge in [-0.1, -0.05) is 20.8 Å². The number of hydrogen-bond donors (Lipinski definition) is 3. The van der Waals surface area contributed by atoms with E-state index in [1.165, 1.54) is 0 Å². The third-order valence-corrected chi connectivity index (χ3v) is 3.41. The molecular weight excluding hydrogens is 250 g/mol. The third-order valence-electron chi connectivity index (χ3n) is 2.67. The summed E-state index contributed by atoms with van der Waals surface area (Å²) < 4.78 is 0. The molecule has 0 fully saturated rings. The largest absolute Gasteiger partial charge is 0.351 e. The van der Waals surface area contributed by atoms with Gasteiger partial charge in [-0.3, -0.25) is 9.59 Å². The minimum absolute atomic E-state index is 0.00979. The van der Waals surface area contributed by atoms with Crippen LogP contribution in [0.25, 0.3) is 0 Å². The molecule has 0 saturated heterocycles. The summed E-state index contributed by atoms with van der Waals surface area (Å²) in [4.78, 5) is 23.2. The smallest absolute Gasteiger partial charge is 0.239 e. The van der Waals surface area contributed by atoms with E-state index in [1.54, 1.807) is 11.8 Å². The average molecular weight is 275 g/mol. The van der Waals surface area contributed by atoms with Crippen molar-refractivity contribution in [3.63, 3.8) is 0 Å². The maximum absolute atomic E-state index is 11.6. The predicted molar refractivity (Wildman–Crippen MR) is 76.4 cm³/mol. The number of carbonyl (C=O) groups excluding carboxylic acids is 2. The Morgan fingerprint density at radius 1 is 1.33 bits per heavy atom. The van der Waals surface area contributed by atoms with Crippen molar-refractivity contribution in [2.45, 2.75) is 39.3 Å². The van der Waals surface area contributed by atoms with E-state index < -0.39 is 6.04 Å². The molecule has 2 atom stereocenters. The molecule has 0 aliphatic heterocycles. The molecule has 106 valence electrons. The fourth-order valence-corrected chi connectivity index (χ4v) is 2.05. The molecule has 0 aromatic rings. The zero-order chi connectivity index (χ0) is 14.1. The summed E-state index contributed by atoms with van der Waals surface area (Å²) in [7, 11) is 0. The lowest BCUT2D eigenvalue weighted by Gasteiger charge is -2.18. The molecule has 4 N–H and O–H groups in total. The number of thioether (sulfide) groups is 1. The summed E-state index contributed by atoms with van der Waals surface area (Å²) in [6, 6.07) is -0.408. The lowest BCUT2D eigenvalue weighted by atomic mass is 10.1. The monoisotopic (exact) mass is 275 g/mol. The topological polar surface area (TPSA) is 84.2 Å². The Balaban J connectivity index is 3.99. The van der Waals surface area contributed by atoms with Gasteiger partial charge in [0.2, 0.25) is 11.8 Å². The Morgan fingerprint density at radius 2 is 1.94 bits per heavy atom. The van der Waals surface area contributed by atoms with Crippen LogP contribution in [0.3, 0.4) is 0 Å². The second-order valence-electron chi connectivity index (χ2n) is 4.62. The summed E-state index contributed by atoms with van der Waals surface area (Å²) in [5.41, 5.74) is 5.67. The highest BCUT2D eigenvalue weighted by atomic mass is 32.2. The molecule has 2 amide bonds. The second kappa shape index (κ2) is 9.22. The first kappa shape index (κ1) is 17.2. The van der Waals surface area contributed by atoms with E-state index in [1.807, 2.05) is 27.0 Å². The molecule has 1 unspecified atom stereocenters. The van der Waals surface area contributed by atoms with E-state index in [9.17, 15) is 9.59 Å². The van der Waals surface area contributed by atoms with E-state index in [2.05, 4.69) is 10.6 Å². The molecule has 0 saturated carbocycles. The molecule has 0 rings (SSSR count). The van der Waals surface area contributed by atoms with Crippen LogP contribution in [0.2, 0.25) is 0 Å². The average Bonchev–Trinajstić information content (AvgIpc) is 2.34. The van der Waals surface area contributed by atoms with Crippen molar-refractivity contribution in [2.75, 3.05) is 18.6 Å². The van der Waals surface area contributed by atoms with Gasteiger partial charge >= 0.3 is 0 Å². The van der Waals surface area contributed by atoms with Crippen molar-refractivity contribution in [1.29, 1.82) is 0 Å². The maximum atomic E-state index is 11.6. The Hall–Kier alpha value is -0.750. The number of carbonyl (C=O) groups is 2. The van der Waals surface area contributed by atoms with Crippen molar-refractivity contribution >= 4 is 23.6 Å². The highest BCUT2D eigenvalue weighted by molar-refractivity contribution is 7.98. The van der Waals surface area contributed by atoms with Crippen LogP contribution in [0.4, 0.5) is 0 Å². The Morgan fingerprint density at radius 3 is 2.39 bits per heavy atom. The van der Waals surface area contributed by atoms with Crippen LogP contribution in [0.5, 0.6) is 0 Å². The first-order valence-corrected chi connectivity index (χ1v) is 7.63. The summed E-state index contributed by atoms with van der Waals surface area (Å²) >= 11 is 1.69. The molecule has 0 aromatic heterocycles. The third kappa shape index (κ3) is 6.86. The zero-order valence-corrected chi connectivity index (χ0v) is 12.5. The van der Waals surface area contributed by atoms with E-state index >= 15 is 0 Å². The quantitative estimate of drug-likeness (QED) is 0.596. The van der Waals surface area contributed by atoms with Crippen molar-refractivity contribution in [3.8, 4) is 0 Å². The minimum atomic E-state index is -0.564. The van der Waals surface area contributed by atoms with Gasteiger partial charge < -0.3 is 16.4 Å². The van der Waals surface area contributed by atoms with E-state index in [0.717, 1.165) is 12.2 Å². The van der Waals surface area contributed by atoms with Gasteiger partial charge in [0.05, 0.1) is 12.6 Å². The lowest BCUT2D eigenvalue weighted by Crippen LogP contribution is -2.48. The molecule has 6 heteroatoms. The first-order valence-electron chi connectivity index (χ1n) is 6.23. The first-order chi connectivity index (χ1) is 8.42. The molecule has 18 heavy (non-hydrogen) atoms. The highest BCUT2D eigenvalue weighted by Crippen LogP contribution is 2.00. The van der Waals surface area contributed by atoms with Gasteiger partial charge in [-0.25, -0.2) is 0 Å². The molecule has 5 nitrogen and oxygen atoms in total. The minimum Gasteiger partial charge on any atom is -0.351 e. The molecule has 0 spiro atoms. The van der Waals surface area contributed by atoms with Crippen LogP contribution in [-0.4, -0.2) is 42.5 Å². The SMILES string of the molecule is CCC(CSC)NC(=O)CNC(=O)[C@@H](N)C(C)C. The van der Waals surface area contributed by atoms with Gasteiger partial charge in [0, 0.05) is 11.8 Å². The standard InChI is InChI=1S/C12H25N3O2S/c1-5-9(7-18-4)15-10(16)6-14-12(17)11(13)8(2)3/h8-9,11H,5-7,13H2,1-4H3,(H,14,17)(H,15,16)/t9?,11-/m0/s1. The predicted octanol–water partition coefficient (Wildman–Crippen LogP) is 0.344. The van der Waals surface area contributed by atoms with E-state index in [4.69, 9.17) is 5.73 Å². The van der Waals surface area contributed by atoms with Gasteiger partial charge in [0.1, 0.15) is 0 Å². The van der Waals surface area contributed by atoms with Crippen molar-refractivity contribution in [1.82, 2.24) is 10.6 Å². The van der Waals surface area contributed by atoms with Gasteiger partial charge in [0.15, 0.2) is 0 Å². The van der Waals surface area contributed by atoms with E-state index in [0.29, 0.717) is 0 Å². The fourth-order valence-electron chi connectivity index (χ4n) is 1.33. The number of hydrogen-bond acceptors (Lipinski definition) is 4.